The monoisotopic (exact) mass is 202 g/mol. The lowest BCUT2D eigenvalue weighted by molar-refractivity contribution is 0.275. The molecule has 1 rings (SSSR count). The number of hydrogen-bond acceptors (Lipinski definition) is 3. The maximum absolute atomic E-state index is 8.69. The number of imidazole rings is 1. The van der Waals surface area contributed by atoms with E-state index in [2.05, 4.69) is 17.6 Å². The average molecular weight is 202 g/mol. The number of aliphatic hydroxyl groups excluding tert-OH is 1. The fourth-order valence-electron chi connectivity index (χ4n) is 0.987. The zero-order chi connectivity index (χ0) is 9.14. The van der Waals surface area contributed by atoms with Gasteiger partial charge in [0.15, 0.2) is 0 Å². The molecule has 0 atom stereocenters. The SMILES string of the molecule is Cc1c(C(=S)S)ncn1CCO. The van der Waals surface area contributed by atoms with Crippen molar-refractivity contribution in [1.29, 1.82) is 0 Å². The van der Waals surface area contributed by atoms with Crippen molar-refractivity contribution in [1.82, 2.24) is 9.55 Å². The molecule has 0 bridgehead atoms. The number of rotatable bonds is 3. The highest BCUT2D eigenvalue weighted by Crippen LogP contribution is 2.09. The van der Waals surface area contributed by atoms with E-state index >= 15 is 0 Å². The molecule has 0 aliphatic rings. The minimum atomic E-state index is 0.107. The lowest BCUT2D eigenvalue weighted by atomic mass is 10.4. The quantitative estimate of drug-likeness (QED) is 0.562. The molecule has 1 heterocycles. The van der Waals surface area contributed by atoms with Crippen molar-refractivity contribution in [3.63, 3.8) is 0 Å². The van der Waals surface area contributed by atoms with Crippen molar-refractivity contribution >= 4 is 29.0 Å². The van der Waals surface area contributed by atoms with Crippen molar-refractivity contribution in [2.24, 2.45) is 0 Å². The molecule has 0 saturated carbocycles. The minimum Gasteiger partial charge on any atom is -0.395 e. The van der Waals surface area contributed by atoms with Gasteiger partial charge in [0.2, 0.25) is 0 Å². The molecular weight excluding hydrogens is 192 g/mol. The maximum atomic E-state index is 8.69. The Hall–Kier alpha value is -0.390. The summed E-state index contributed by atoms with van der Waals surface area (Å²) in [5, 5.41) is 8.69. The van der Waals surface area contributed by atoms with Gasteiger partial charge in [0, 0.05) is 12.2 Å². The van der Waals surface area contributed by atoms with Crippen LogP contribution in [0.25, 0.3) is 0 Å². The first-order chi connectivity index (χ1) is 5.66. The normalized spacial score (nSPS) is 10.2. The minimum absolute atomic E-state index is 0.107. The third-order valence-corrected chi connectivity index (χ3v) is 2.05. The van der Waals surface area contributed by atoms with Crippen molar-refractivity contribution in [3.8, 4) is 0 Å². The predicted molar refractivity (Wildman–Crippen MR) is 54.7 cm³/mol. The maximum Gasteiger partial charge on any atom is 0.108 e. The molecule has 1 N–H and O–H groups in total. The molecule has 0 radical (unpaired) electrons. The highest BCUT2D eigenvalue weighted by atomic mass is 32.1. The Labute approximate surface area is 81.8 Å². The largest absolute Gasteiger partial charge is 0.395 e. The van der Waals surface area contributed by atoms with Gasteiger partial charge in [0.05, 0.1) is 17.1 Å². The van der Waals surface area contributed by atoms with Crippen LogP contribution in [0.2, 0.25) is 0 Å². The van der Waals surface area contributed by atoms with Gasteiger partial charge in [-0.3, -0.25) is 0 Å². The van der Waals surface area contributed by atoms with E-state index in [1.165, 1.54) is 0 Å². The van der Waals surface area contributed by atoms with Crippen LogP contribution >= 0.6 is 24.8 Å². The lowest BCUT2D eigenvalue weighted by Crippen LogP contribution is -2.03. The van der Waals surface area contributed by atoms with Crippen molar-refractivity contribution in [3.05, 3.63) is 17.7 Å². The fraction of sp³-hybridized carbons (Fsp3) is 0.429. The summed E-state index contributed by atoms with van der Waals surface area (Å²) in [6, 6.07) is 0. The van der Waals surface area contributed by atoms with Gasteiger partial charge >= 0.3 is 0 Å². The van der Waals surface area contributed by atoms with Crippen molar-refractivity contribution < 1.29 is 5.11 Å². The molecule has 0 spiro atoms. The van der Waals surface area contributed by atoms with Crippen LogP contribution in [0.4, 0.5) is 0 Å². The fourth-order valence-corrected chi connectivity index (χ4v) is 1.41. The first kappa shape index (κ1) is 9.70. The van der Waals surface area contributed by atoms with E-state index < -0.39 is 0 Å². The summed E-state index contributed by atoms with van der Waals surface area (Å²) in [7, 11) is 0. The number of nitrogens with zero attached hydrogens (tertiary/aromatic N) is 2. The number of aromatic nitrogens is 2. The van der Waals surface area contributed by atoms with Crippen LogP contribution in [0.3, 0.4) is 0 Å². The highest BCUT2D eigenvalue weighted by molar-refractivity contribution is 8.11. The van der Waals surface area contributed by atoms with E-state index in [-0.39, 0.29) is 6.61 Å². The number of thiocarbonyl (C=S) groups is 1. The zero-order valence-corrected chi connectivity index (χ0v) is 8.40. The van der Waals surface area contributed by atoms with E-state index in [1.54, 1.807) is 6.33 Å². The average Bonchev–Trinajstić information content (AvgIpc) is 2.34. The van der Waals surface area contributed by atoms with Crippen LogP contribution in [0.15, 0.2) is 6.33 Å². The summed E-state index contributed by atoms with van der Waals surface area (Å²) >= 11 is 8.90. The Balaban J connectivity index is 2.96. The smallest absolute Gasteiger partial charge is 0.108 e. The van der Waals surface area contributed by atoms with Crippen LogP contribution in [-0.4, -0.2) is 25.5 Å². The summed E-state index contributed by atoms with van der Waals surface area (Å²) in [5.74, 6) is 0. The second-order valence-electron chi connectivity index (χ2n) is 2.40. The Bertz CT molecular complexity index is 296. The Morgan fingerprint density at radius 3 is 2.92 bits per heavy atom. The first-order valence-electron chi connectivity index (χ1n) is 3.52. The molecular formula is C7H10N2OS2. The summed E-state index contributed by atoms with van der Waals surface area (Å²) in [4.78, 5) is 4.07. The molecule has 0 aliphatic heterocycles. The Kier molecular flexibility index (Phi) is 3.25. The third-order valence-electron chi connectivity index (χ3n) is 1.64. The predicted octanol–water partition coefficient (Wildman–Crippen LogP) is 0.789. The Morgan fingerprint density at radius 2 is 2.50 bits per heavy atom. The molecule has 1 aromatic heterocycles. The molecule has 5 heteroatoms. The van der Waals surface area contributed by atoms with E-state index in [0.29, 0.717) is 10.7 Å². The molecule has 0 saturated heterocycles. The zero-order valence-electron chi connectivity index (χ0n) is 6.69. The molecule has 1 aromatic rings. The molecule has 0 fully saturated rings. The first-order valence-corrected chi connectivity index (χ1v) is 4.38. The number of hydrogen-bond donors (Lipinski definition) is 2. The molecule has 66 valence electrons. The van der Waals surface area contributed by atoms with Gasteiger partial charge in [-0.05, 0) is 6.92 Å². The molecule has 0 aliphatic carbocycles. The second kappa shape index (κ2) is 4.02. The number of aliphatic hydroxyl groups is 1. The molecule has 12 heavy (non-hydrogen) atoms. The topological polar surface area (TPSA) is 38.0 Å². The lowest BCUT2D eigenvalue weighted by Gasteiger charge is -2.01. The highest BCUT2D eigenvalue weighted by Gasteiger charge is 2.07. The van der Waals surface area contributed by atoms with Gasteiger partial charge in [-0.1, -0.05) is 12.2 Å². The summed E-state index contributed by atoms with van der Waals surface area (Å²) < 4.78 is 2.34. The van der Waals surface area contributed by atoms with E-state index in [9.17, 15) is 0 Å². The molecule has 0 amide bonds. The van der Waals surface area contributed by atoms with Crippen LogP contribution in [-0.2, 0) is 6.54 Å². The van der Waals surface area contributed by atoms with Gasteiger partial charge in [0.1, 0.15) is 5.69 Å². The summed E-state index contributed by atoms with van der Waals surface area (Å²) in [5.41, 5.74) is 1.67. The molecule has 0 aromatic carbocycles. The van der Waals surface area contributed by atoms with Crippen LogP contribution in [0.1, 0.15) is 11.4 Å². The number of thiol groups is 1. The Morgan fingerprint density at radius 1 is 1.83 bits per heavy atom. The second-order valence-corrected chi connectivity index (χ2v) is 3.56. The molecule has 3 nitrogen and oxygen atoms in total. The molecule has 0 unspecified atom stereocenters. The summed E-state index contributed by atoms with van der Waals surface area (Å²) in [6.45, 7) is 2.56. The van der Waals surface area contributed by atoms with Crippen molar-refractivity contribution in [2.75, 3.05) is 6.61 Å². The van der Waals surface area contributed by atoms with Gasteiger partial charge in [-0.15, -0.1) is 12.6 Å². The van der Waals surface area contributed by atoms with E-state index in [1.807, 2.05) is 11.5 Å². The summed E-state index contributed by atoms with van der Waals surface area (Å²) in [6.07, 6.45) is 1.66. The van der Waals surface area contributed by atoms with Gasteiger partial charge < -0.3 is 9.67 Å². The van der Waals surface area contributed by atoms with E-state index in [4.69, 9.17) is 17.3 Å². The third kappa shape index (κ3) is 1.85. The van der Waals surface area contributed by atoms with Gasteiger partial charge in [-0.2, -0.15) is 0 Å². The van der Waals surface area contributed by atoms with Crippen LogP contribution < -0.4 is 0 Å². The van der Waals surface area contributed by atoms with Crippen LogP contribution in [0, 0.1) is 6.92 Å². The van der Waals surface area contributed by atoms with E-state index in [0.717, 1.165) is 11.4 Å². The standard InChI is InChI=1S/C7H10N2OS2/c1-5-6(7(11)12)8-4-9(5)2-3-10/h4,10H,2-3H2,1H3,(H,11,12). The van der Waals surface area contributed by atoms with Gasteiger partial charge in [0.25, 0.3) is 0 Å². The van der Waals surface area contributed by atoms with Crippen molar-refractivity contribution in [2.45, 2.75) is 13.5 Å². The van der Waals surface area contributed by atoms with Crippen LogP contribution in [0.5, 0.6) is 0 Å². The van der Waals surface area contributed by atoms with Gasteiger partial charge in [-0.25, -0.2) is 4.98 Å².